The third kappa shape index (κ3) is 6.75. The molecule has 0 aliphatic rings. The van der Waals surface area contributed by atoms with Crippen LogP contribution in [0.25, 0.3) is 0 Å². The van der Waals surface area contributed by atoms with Gasteiger partial charge >= 0.3 is 5.97 Å². The van der Waals surface area contributed by atoms with Crippen molar-refractivity contribution in [2.45, 2.75) is 45.5 Å². The van der Waals surface area contributed by atoms with Crippen molar-refractivity contribution in [2.24, 2.45) is 0 Å². The molecular weight excluding hydrogens is 266 g/mol. The summed E-state index contributed by atoms with van der Waals surface area (Å²) in [4.78, 5) is 11.5. The van der Waals surface area contributed by atoms with E-state index in [1.54, 1.807) is 0 Å². The molecule has 0 amide bonds. The first kappa shape index (κ1) is 16.8. The molecule has 0 saturated carbocycles. The van der Waals surface area contributed by atoms with Crippen LogP contribution in [-0.2, 0) is 4.74 Å². The Morgan fingerprint density at radius 1 is 1.15 bits per heavy atom. The van der Waals surface area contributed by atoms with Gasteiger partial charge in [-0.1, -0.05) is 32.1 Å². The molecule has 1 rings (SSSR count). The van der Waals surface area contributed by atoms with E-state index < -0.39 is 8.07 Å². The Bertz CT molecular complexity index is 409. The lowest BCUT2D eigenvalue weighted by Gasteiger charge is -2.15. The number of esters is 1. The summed E-state index contributed by atoms with van der Waals surface area (Å²) in [6, 6.07) is 8.87. The van der Waals surface area contributed by atoms with Crippen molar-refractivity contribution in [1.82, 2.24) is 0 Å². The first-order chi connectivity index (χ1) is 9.42. The van der Waals surface area contributed by atoms with Gasteiger partial charge < -0.3 is 10.1 Å². The Kier molecular flexibility index (Phi) is 6.79. The number of rotatable bonds is 8. The molecule has 0 aliphatic carbocycles. The highest BCUT2D eigenvalue weighted by molar-refractivity contribution is 6.76. The van der Waals surface area contributed by atoms with Gasteiger partial charge in [0, 0.05) is 20.3 Å². The van der Waals surface area contributed by atoms with E-state index in [4.69, 9.17) is 4.74 Å². The molecule has 0 spiro atoms. The SMILES string of the molecule is CCOC(=O)c1ccc(NCCCC[Si](C)(C)C)cc1. The van der Waals surface area contributed by atoms with Crippen LogP contribution in [0.2, 0.25) is 25.7 Å². The molecule has 20 heavy (non-hydrogen) atoms. The fraction of sp³-hybridized carbons (Fsp3) is 0.562. The van der Waals surface area contributed by atoms with Gasteiger partial charge in [-0.3, -0.25) is 0 Å². The average Bonchev–Trinajstić information content (AvgIpc) is 2.38. The quantitative estimate of drug-likeness (QED) is 0.439. The molecule has 112 valence electrons. The molecule has 0 bridgehead atoms. The van der Waals surface area contributed by atoms with Gasteiger partial charge in [0.05, 0.1) is 12.2 Å². The summed E-state index contributed by atoms with van der Waals surface area (Å²) in [5, 5.41) is 3.39. The van der Waals surface area contributed by atoms with Crippen LogP contribution in [-0.4, -0.2) is 27.2 Å². The Balaban J connectivity index is 2.30. The van der Waals surface area contributed by atoms with E-state index in [0.717, 1.165) is 12.2 Å². The third-order valence-electron chi connectivity index (χ3n) is 3.08. The summed E-state index contributed by atoms with van der Waals surface area (Å²) in [6.07, 6.45) is 2.49. The lowest BCUT2D eigenvalue weighted by molar-refractivity contribution is 0.0526. The van der Waals surface area contributed by atoms with Gasteiger partial charge in [0.1, 0.15) is 0 Å². The summed E-state index contributed by atoms with van der Waals surface area (Å²) in [5.41, 5.74) is 1.67. The molecule has 0 saturated heterocycles. The summed E-state index contributed by atoms with van der Waals surface area (Å²) < 4.78 is 4.96. The highest BCUT2D eigenvalue weighted by Crippen LogP contribution is 2.14. The van der Waals surface area contributed by atoms with Gasteiger partial charge in [-0.05, 0) is 37.6 Å². The molecule has 1 N–H and O–H groups in total. The first-order valence-corrected chi connectivity index (χ1v) is 11.1. The number of ether oxygens (including phenoxy) is 1. The van der Waals surface area contributed by atoms with E-state index in [9.17, 15) is 4.79 Å². The van der Waals surface area contributed by atoms with Crippen LogP contribution >= 0.6 is 0 Å². The van der Waals surface area contributed by atoms with Crippen LogP contribution in [0.4, 0.5) is 5.69 Å². The van der Waals surface area contributed by atoms with E-state index in [1.807, 2.05) is 31.2 Å². The van der Waals surface area contributed by atoms with Crippen LogP contribution in [0.15, 0.2) is 24.3 Å². The molecule has 0 aliphatic heterocycles. The van der Waals surface area contributed by atoms with Crippen molar-refractivity contribution < 1.29 is 9.53 Å². The Morgan fingerprint density at radius 3 is 2.35 bits per heavy atom. The maximum atomic E-state index is 11.5. The minimum absolute atomic E-state index is 0.255. The van der Waals surface area contributed by atoms with Crippen molar-refractivity contribution in [2.75, 3.05) is 18.5 Å². The Morgan fingerprint density at radius 2 is 1.80 bits per heavy atom. The van der Waals surface area contributed by atoms with Gasteiger partial charge in [-0.15, -0.1) is 0 Å². The van der Waals surface area contributed by atoms with Gasteiger partial charge in [0.2, 0.25) is 0 Å². The summed E-state index contributed by atoms with van der Waals surface area (Å²) in [6.45, 7) is 10.4. The monoisotopic (exact) mass is 293 g/mol. The maximum absolute atomic E-state index is 11.5. The number of carbonyl (C=O) groups excluding carboxylic acids is 1. The predicted octanol–water partition coefficient (Wildman–Crippen LogP) is 4.39. The molecule has 0 radical (unpaired) electrons. The second kappa shape index (κ2) is 8.10. The average molecular weight is 293 g/mol. The van der Waals surface area contributed by atoms with Crippen molar-refractivity contribution >= 4 is 19.7 Å². The van der Waals surface area contributed by atoms with Crippen molar-refractivity contribution in [3.8, 4) is 0 Å². The van der Waals surface area contributed by atoms with E-state index in [0.29, 0.717) is 12.2 Å². The number of unbranched alkanes of at least 4 members (excludes halogenated alkanes) is 1. The van der Waals surface area contributed by atoms with Crippen molar-refractivity contribution in [3.05, 3.63) is 29.8 Å². The molecule has 0 aromatic heterocycles. The van der Waals surface area contributed by atoms with Crippen LogP contribution < -0.4 is 5.32 Å². The Hall–Kier alpha value is -1.29. The third-order valence-corrected chi connectivity index (χ3v) is 4.93. The molecule has 0 unspecified atom stereocenters. The van der Waals surface area contributed by atoms with E-state index in [-0.39, 0.29) is 5.97 Å². The summed E-state index contributed by atoms with van der Waals surface area (Å²) in [7, 11) is -0.894. The lowest BCUT2D eigenvalue weighted by atomic mass is 10.2. The van der Waals surface area contributed by atoms with Gasteiger partial charge in [-0.25, -0.2) is 4.79 Å². The molecule has 0 heterocycles. The van der Waals surface area contributed by atoms with Crippen molar-refractivity contribution in [1.29, 1.82) is 0 Å². The molecule has 0 fully saturated rings. The van der Waals surface area contributed by atoms with E-state index in [1.165, 1.54) is 18.9 Å². The summed E-state index contributed by atoms with van der Waals surface area (Å²) >= 11 is 0. The molecule has 4 heteroatoms. The van der Waals surface area contributed by atoms with Gasteiger partial charge in [0.25, 0.3) is 0 Å². The number of hydrogen-bond donors (Lipinski definition) is 1. The highest BCUT2D eigenvalue weighted by atomic mass is 28.3. The highest BCUT2D eigenvalue weighted by Gasteiger charge is 2.11. The second-order valence-corrected chi connectivity index (χ2v) is 11.9. The molecular formula is C16H27NO2Si. The molecule has 3 nitrogen and oxygen atoms in total. The number of carbonyl (C=O) groups is 1. The normalized spacial score (nSPS) is 11.2. The minimum Gasteiger partial charge on any atom is -0.462 e. The summed E-state index contributed by atoms with van der Waals surface area (Å²) in [5.74, 6) is -0.255. The first-order valence-electron chi connectivity index (χ1n) is 7.43. The lowest BCUT2D eigenvalue weighted by Crippen LogP contribution is -2.19. The zero-order valence-electron chi connectivity index (χ0n) is 13.2. The smallest absolute Gasteiger partial charge is 0.338 e. The number of nitrogens with one attached hydrogen (secondary N) is 1. The number of benzene rings is 1. The minimum atomic E-state index is -0.894. The zero-order chi connectivity index (χ0) is 15.0. The standard InChI is InChI=1S/C16H27NO2Si/c1-5-19-16(18)14-8-10-15(11-9-14)17-12-6-7-13-20(2,3)4/h8-11,17H,5-7,12-13H2,1-4H3. The molecule has 0 atom stereocenters. The molecule has 1 aromatic carbocycles. The topological polar surface area (TPSA) is 38.3 Å². The van der Waals surface area contributed by atoms with Crippen LogP contribution in [0, 0.1) is 0 Å². The molecule has 1 aromatic rings. The fourth-order valence-corrected chi connectivity index (χ4v) is 3.26. The predicted molar refractivity (Wildman–Crippen MR) is 88.3 cm³/mol. The van der Waals surface area contributed by atoms with Crippen LogP contribution in [0.3, 0.4) is 0 Å². The van der Waals surface area contributed by atoms with Gasteiger partial charge in [0.15, 0.2) is 0 Å². The maximum Gasteiger partial charge on any atom is 0.338 e. The number of hydrogen-bond acceptors (Lipinski definition) is 3. The number of anilines is 1. The Labute approximate surface area is 123 Å². The van der Waals surface area contributed by atoms with E-state index in [2.05, 4.69) is 25.0 Å². The van der Waals surface area contributed by atoms with E-state index >= 15 is 0 Å². The second-order valence-electron chi connectivity index (χ2n) is 6.24. The van der Waals surface area contributed by atoms with Crippen molar-refractivity contribution in [3.63, 3.8) is 0 Å². The largest absolute Gasteiger partial charge is 0.462 e. The fourth-order valence-electron chi connectivity index (χ4n) is 1.95. The van der Waals surface area contributed by atoms with Crippen LogP contribution in [0.5, 0.6) is 0 Å². The van der Waals surface area contributed by atoms with Crippen LogP contribution in [0.1, 0.15) is 30.1 Å². The zero-order valence-corrected chi connectivity index (χ0v) is 14.2. The van der Waals surface area contributed by atoms with Gasteiger partial charge in [-0.2, -0.15) is 0 Å².